The molecule has 0 spiro atoms. The largest absolute Gasteiger partial charge is 0.483 e. The molecule has 0 aliphatic heterocycles. The minimum Gasteiger partial charge on any atom is -0.483 e. The average molecular weight is 294 g/mol. The molecule has 1 amide bonds. The van der Waals surface area contributed by atoms with E-state index in [0.717, 1.165) is 23.4 Å². The van der Waals surface area contributed by atoms with Gasteiger partial charge in [0.25, 0.3) is 5.91 Å². The van der Waals surface area contributed by atoms with Crippen LogP contribution in [0.3, 0.4) is 0 Å². The van der Waals surface area contributed by atoms with Gasteiger partial charge in [0.05, 0.1) is 6.61 Å². The molecule has 0 aliphatic carbocycles. The summed E-state index contributed by atoms with van der Waals surface area (Å²) in [5, 5.41) is 6.10. The molecule has 0 aliphatic rings. The Morgan fingerprint density at radius 1 is 1.33 bits per heavy atom. The molecule has 5 nitrogen and oxygen atoms in total. The Labute approximate surface area is 127 Å². The normalized spacial score (nSPS) is 10.7. The molecular weight excluding hydrogens is 268 g/mol. The predicted octanol–water partition coefficient (Wildman–Crippen LogP) is 1.63. The molecule has 0 atom stereocenters. The van der Waals surface area contributed by atoms with Gasteiger partial charge >= 0.3 is 0 Å². The Morgan fingerprint density at radius 3 is 2.76 bits per heavy atom. The second-order valence-electron chi connectivity index (χ2n) is 5.24. The van der Waals surface area contributed by atoms with Gasteiger partial charge in [-0.25, -0.2) is 0 Å². The quantitative estimate of drug-likeness (QED) is 0.680. The third-order valence-electron chi connectivity index (χ3n) is 2.89. The summed E-state index contributed by atoms with van der Waals surface area (Å²) < 4.78 is 10.7. The van der Waals surface area contributed by atoms with Gasteiger partial charge in [-0.3, -0.25) is 4.79 Å². The number of amides is 1. The minimum atomic E-state index is -0.105. The average Bonchev–Trinajstić information content (AvgIpc) is 2.42. The van der Waals surface area contributed by atoms with Crippen LogP contribution in [-0.2, 0) is 16.1 Å². The lowest BCUT2D eigenvalue weighted by atomic mass is 10.1. The van der Waals surface area contributed by atoms with Crippen LogP contribution in [0.25, 0.3) is 0 Å². The third-order valence-corrected chi connectivity index (χ3v) is 2.89. The summed E-state index contributed by atoms with van der Waals surface area (Å²) in [6.07, 6.45) is 0. The Balaban J connectivity index is 2.60. The van der Waals surface area contributed by atoms with Crippen molar-refractivity contribution in [3.8, 4) is 5.75 Å². The molecule has 118 valence electrons. The van der Waals surface area contributed by atoms with Crippen molar-refractivity contribution in [1.82, 2.24) is 10.6 Å². The van der Waals surface area contributed by atoms with Crippen molar-refractivity contribution in [2.24, 2.45) is 0 Å². The fourth-order valence-corrected chi connectivity index (χ4v) is 1.96. The Kier molecular flexibility index (Phi) is 7.79. The van der Waals surface area contributed by atoms with Crippen molar-refractivity contribution in [2.45, 2.75) is 33.4 Å². The molecule has 0 saturated heterocycles. The molecular formula is C16H26N2O3. The number of carbonyl (C=O) groups is 1. The lowest BCUT2D eigenvalue weighted by molar-refractivity contribution is -0.123. The highest BCUT2D eigenvalue weighted by atomic mass is 16.5. The maximum Gasteiger partial charge on any atom is 0.258 e. The Morgan fingerprint density at radius 2 is 2.10 bits per heavy atom. The van der Waals surface area contributed by atoms with Gasteiger partial charge in [-0.2, -0.15) is 0 Å². The summed E-state index contributed by atoms with van der Waals surface area (Å²) in [4.78, 5) is 11.7. The van der Waals surface area contributed by atoms with E-state index < -0.39 is 0 Å². The van der Waals surface area contributed by atoms with Gasteiger partial charge in [0.2, 0.25) is 0 Å². The third kappa shape index (κ3) is 6.60. The topological polar surface area (TPSA) is 59.6 Å². The van der Waals surface area contributed by atoms with Gasteiger partial charge in [-0.15, -0.1) is 0 Å². The standard InChI is InChI=1S/C16H26N2O3/c1-12(2)18-15(19)11-21-16-13(3)6-5-7-14(16)10-17-8-9-20-4/h5-7,12,17H,8-11H2,1-4H3,(H,18,19). The number of hydrogen-bond acceptors (Lipinski definition) is 4. The number of benzene rings is 1. The summed E-state index contributed by atoms with van der Waals surface area (Å²) in [7, 11) is 1.68. The van der Waals surface area contributed by atoms with E-state index in [2.05, 4.69) is 10.6 Å². The first kappa shape index (κ1) is 17.5. The monoisotopic (exact) mass is 294 g/mol. The summed E-state index contributed by atoms with van der Waals surface area (Å²) in [6.45, 7) is 8.00. The van der Waals surface area contributed by atoms with Gasteiger partial charge in [-0.05, 0) is 26.3 Å². The summed E-state index contributed by atoms with van der Waals surface area (Å²) >= 11 is 0. The zero-order valence-electron chi connectivity index (χ0n) is 13.4. The maximum absolute atomic E-state index is 11.7. The number of aryl methyl sites for hydroxylation is 1. The molecule has 0 heterocycles. The molecule has 1 aromatic carbocycles. The van der Waals surface area contributed by atoms with Gasteiger partial charge in [0, 0.05) is 31.8 Å². The highest BCUT2D eigenvalue weighted by Gasteiger charge is 2.10. The molecule has 21 heavy (non-hydrogen) atoms. The van der Waals surface area contributed by atoms with E-state index in [0.29, 0.717) is 13.2 Å². The van der Waals surface area contributed by atoms with E-state index in [9.17, 15) is 4.79 Å². The van der Waals surface area contributed by atoms with Gasteiger partial charge < -0.3 is 20.1 Å². The van der Waals surface area contributed by atoms with E-state index >= 15 is 0 Å². The summed E-state index contributed by atoms with van der Waals surface area (Å²) in [5.74, 6) is 0.674. The first-order chi connectivity index (χ1) is 10.0. The lowest BCUT2D eigenvalue weighted by Gasteiger charge is -2.15. The van der Waals surface area contributed by atoms with Crippen LogP contribution in [0, 0.1) is 6.92 Å². The SMILES string of the molecule is COCCNCc1cccc(C)c1OCC(=O)NC(C)C. The van der Waals surface area contributed by atoms with Crippen LogP contribution in [0.15, 0.2) is 18.2 Å². The van der Waals surface area contributed by atoms with Crippen LogP contribution >= 0.6 is 0 Å². The number of nitrogens with one attached hydrogen (secondary N) is 2. The van der Waals surface area contributed by atoms with E-state index in [1.807, 2.05) is 39.0 Å². The van der Waals surface area contributed by atoms with Crippen molar-refractivity contribution in [2.75, 3.05) is 26.9 Å². The van der Waals surface area contributed by atoms with Gasteiger partial charge in [0.1, 0.15) is 5.75 Å². The van der Waals surface area contributed by atoms with Gasteiger partial charge in [0.15, 0.2) is 6.61 Å². The highest BCUT2D eigenvalue weighted by molar-refractivity contribution is 5.77. The molecule has 0 radical (unpaired) electrons. The molecule has 0 fully saturated rings. The number of ether oxygens (including phenoxy) is 2. The van der Waals surface area contributed by atoms with Gasteiger partial charge in [-0.1, -0.05) is 18.2 Å². The molecule has 1 aromatic rings. The van der Waals surface area contributed by atoms with Crippen molar-refractivity contribution >= 4 is 5.91 Å². The fraction of sp³-hybridized carbons (Fsp3) is 0.562. The summed E-state index contributed by atoms with van der Waals surface area (Å²) in [6, 6.07) is 6.09. The minimum absolute atomic E-state index is 0.0358. The van der Waals surface area contributed by atoms with Crippen LogP contribution in [0.5, 0.6) is 5.75 Å². The first-order valence-corrected chi connectivity index (χ1v) is 7.25. The number of methoxy groups -OCH3 is 1. The molecule has 1 rings (SSSR count). The molecule has 5 heteroatoms. The Hall–Kier alpha value is -1.59. The maximum atomic E-state index is 11.7. The van der Waals surface area contributed by atoms with Crippen molar-refractivity contribution in [1.29, 1.82) is 0 Å². The van der Waals surface area contributed by atoms with E-state index in [1.54, 1.807) is 7.11 Å². The lowest BCUT2D eigenvalue weighted by Crippen LogP contribution is -2.34. The second-order valence-corrected chi connectivity index (χ2v) is 5.24. The first-order valence-electron chi connectivity index (χ1n) is 7.25. The molecule has 0 saturated carbocycles. The highest BCUT2D eigenvalue weighted by Crippen LogP contribution is 2.23. The molecule has 2 N–H and O–H groups in total. The predicted molar refractivity (Wildman–Crippen MR) is 83.5 cm³/mol. The van der Waals surface area contributed by atoms with E-state index in [-0.39, 0.29) is 18.6 Å². The molecule has 0 aromatic heterocycles. The zero-order chi connectivity index (χ0) is 15.7. The van der Waals surface area contributed by atoms with Crippen molar-refractivity contribution in [3.63, 3.8) is 0 Å². The number of para-hydroxylation sites is 1. The van der Waals surface area contributed by atoms with Crippen LogP contribution in [0.4, 0.5) is 0 Å². The zero-order valence-corrected chi connectivity index (χ0v) is 13.4. The van der Waals surface area contributed by atoms with E-state index in [1.165, 1.54) is 0 Å². The summed E-state index contributed by atoms with van der Waals surface area (Å²) in [5.41, 5.74) is 2.07. The van der Waals surface area contributed by atoms with Crippen LogP contribution < -0.4 is 15.4 Å². The number of carbonyl (C=O) groups excluding carboxylic acids is 1. The molecule has 0 bridgehead atoms. The van der Waals surface area contributed by atoms with Crippen LogP contribution in [-0.4, -0.2) is 38.8 Å². The van der Waals surface area contributed by atoms with Crippen molar-refractivity contribution in [3.05, 3.63) is 29.3 Å². The van der Waals surface area contributed by atoms with Crippen molar-refractivity contribution < 1.29 is 14.3 Å². The number of rotatable bonds is 9. The van der Waals surface area contributed by atoms with Crippen LogP contribution in [0.1, 0.15) is 25.0 Å². The van der Waals surface area contributed by atoms with Crippen LogP contribution in [0.2, 0.25) is 0 Å². The Bertz CT molecular complexity index is 447. The fourth-order valence-electron chi connectivity index (χ4n) is 1.96. The number of hydrogen-bond donors (Lipinski definition) is 2. The second kappa shape index (κ2) is 9.37. The smallest absolute Gasteiger partial charge is 0.258 e. The molecule has 0 unspecified atom stereocenters. The van der Waals surface area contributed by atoms with E-state index in [4.69, 9.17) is 9.47 Å².